The molecule has 1 fully saturated rings. The minimum absolute atomic E-state index is 0.188. The van der Waals surface area contributed by atoms with Crippen molar-refractivity contribution in [3.05, 3.63) is 0 Å². The Labute approximate surface area is 97.9 Å². The van der Waals surface area contributed by atoms with Crippen LogP contribution in [-0.2, 0) is 9.53 Å². The minimum atomic E-state index is -0.401. The fraction of sp³-hybridized carbons (Fsp3) is 0.917. The lowest BCUT2D eigenvalue weighted by molar-refractivity contribution is -0.153. The van der Waals surface area contributed by atoms with Crippen LogP contribution in [0.2, 0.25) is 0 Å². The summed E-state index contributed by atoms with van der Waals surface area (Å²) in [5.74, 6) is -0.188. The van der Waals surface area contributed by atoms with E-state index in [0.29, 0.717) is 6.04 Å². The fourth-order valence-corrected chi connectivity index (χ4v) is 2.02. The fourth-order valence-electron chi connectivity index (χ4n) is 2.02. The van der Waals surface area contributed by atoms with Gasteiger partial charge >= 0.3 is 5.97 Å². The molecule has 2 atom stereocenters. The Balaban J connectivity index is 2.21. The molecule has 0 spiro atoms. The molecule has 0 saturated heterocycles. The highest BCUT2D eigenvalue weighted by Gasteiger charge is 2.21. The molecule has 0 aromatic heterocycles. The van der Waals surface area contributed by atoms with Crippen molar-refractivity contribution < 1.29 is 9.53 Å². The van der Waals surface area contributed by atoms with Crippen LogP contribution >= 0.6 is 0 Å². The highest BCUT2D eigenvalue weighted by molar-refractivity contribution is 5.72. The summed E-state index contributed by atoms with van der Waals surface area (Å²) in [7, 11) is 0. The number of nitrogens with one attached hydrogen (secondary N) is 1. The standard InChI is InChI=1S/C12H24N2O2/c1-12(2,3)16-11(15)8-14-10-6-4-5-9(13)7-10/h9-10,14H,4-8,13H2,1-3H3. The van der Waals surface area contributed by atoms with Gasteiger partial charge in [-0.15, -0.1) is 0 Å². The van der Waals surface area contributed by atoms with E-state index in [9.17, 15) is 4.79 Å². The molecule has 4 nitrogen and oxygen atoms in total. The second-order valence-electron chi connectivity index (χ2n) is 5.59. The molecular weight excluding hydrogens is 204 g/mol. The topological polar surface area (TPSA) is 64.3 Å². The molecule has 0 bridgehead atoms. The molecule has 1 aliphatic carbocycles. The summed E-state index contributed by atoms with van der Waals surface area (Å²) < 4.78 is 5.22. The number of hydrogen-bond donors (Lipinski definition) is 2. The number of ether oxygens (including phenoxy) is 1. The van der Waals surface area contributed by atoms with Crippen LogP contribution in [0.15, 0.2) is 0 Å². The average Bonchev–Trinajstić information content (AvgIpc) is 2.12. The van der Waals surface area contributed by atoms with Gasteiger partial charge in [-0.2, -0.15) is 0 Å². The van der Waals surface area contributed by atoms with Gasteiger partial charge in [-0.05, 0) is 40.0 Å². The lowest BCUT2D eigenvalue weighted by Gasteiger charge is -2.27. The van der Waals surface area contributed by atoms with Gasteiger partial charge < -0.3 is 15.8 Å². The van der Waals surface area contributed by atoms with Crippen LogP contribution < -0.4 is 11.1 Å². The molecule has 16 heavy (non-hydrogen) atoms. The van der Waals surface area contributed by atoms with Gasteiger partial charge in [0.05, 0.1) is 6.54 Å². The van der Waals surface area contributed by atoms with Gasteiger partial charge in [0.1, 0.15) is 5.60 Å². The van der Waals surface area contributed by atoms with E-state index < -0.39 is 5.60 Å². The normalized spacial score (nSPS) is 26.5. The summed E-state index contributed by atoms with van der Waals surface area (Å²) in [5, 5.41) is 3.22. The van der Waals surface area contributed by atoms with Crippen LogP contribution in [-0.4, -0.2) is 30.2 Å². The van der Waals surface area contributed by atoms with E-state index >= 15 is 0 Å². The molecule has 2 unspecified atom stereocenters. The molecule has 1 aliphatic rings. The lowest BCUT2D eigenvalue weighted by Crippen LogP contribution is -2.42. The Morgan fingerprint density at radius 2 is 2.12 bits per heavy atom. The van der Waals surface area contributed by atoms with Crippen molar-refractivity contribution in [1.29, 1.82) is 0 Å². The highest BCUT2D eigenvalue weighted by atomic mass is 16.6. The molecule has 1 saturated carbocycles. The van der Waals surface area contributed by atoms with Crippen molar-refractivity contribution >= 4 is 5.97 Å². The van der Waals surface area contributed by atoms with Crippen LogP contribution in [0.3, 0.4) is 0 Å². The average molecular weight is 228 g/mol. The first-order valence-electron chi connectivity index (χ1n) is 6.07. The van der Waals surface area contributed by atoms with E-state index in [2.05, 4.69) is 5.32 Å². The van der Waals surface area contributed by atoms with Crippen LogP contribution in [0.5, 0.6) is 0 Å². The zero-order valence-corrected chi connectivity index (χ0v) is 10.6. The molecule has 0 heterocycles. The Hall–Kier alpha value is -0.610. The van der Waals surface area contributed by atoms with E-state index in [4.69, 9.17) is 10.5 Å². The summed E-state index contributed by atoms with van der Waals surface area (Å²) in [6, 6.07) is 0.654. The van der Waals surface area contributed by atoms with Crippen LogP contribution in [0.4, 0.5) is 0 Å². The molecule has 0 aliphatic heterocycles. The van der Waals surface area contributed by atoms with Crippen LogP contribution in [0.1, 0.15) is 46.5 Å². The maximum absolute atomic E-state index is 11.5. The Bertz CT molecular complexity index is 236. The maximum atomic E-state index is 11.5. The van der Waals surface area contributed by atoms with Crippen molar-refractivity contribution in [2.45, 2.75) is 64.1 Å². The van der Waals surface area contributed by atoms with E-state index in [0.717, 1.165) is 25.7 Å². The zero-order valence-electron chi connectivity index (χ0n) is 10.6. The highest BCUT2D eigenvalue weighted by Crippen LogP contribution is 2.16. The van der Waals surface area contributed by atoms with Gasteiger partial charge in [0, 0.05) is 12.1 Å². The molecule has 0 aromatic carbocycles. The molecule has 3 N–H and O–H groups in total. The van der Waals surface area contributed by atoms with Gasteiger partial charge in [0.2, 0.25) is 0 Å². The number of carbonyl (C=O) groups is 1. The smallest absolute Gasteiger partial charge is 0.320 e. The summed E-state index contributed by atoms with van der Waals surface area (Å²) in [5.41, 5.74) is 5.48. The first-order valence-corrected chi connectivity index (χ1v) is 6.07. The van der Waals surface area contributed by atoms with Crippen LogP contribution in [0, 0.1) is 0 Å². The van der Waals surface area contributed by atoms with Crippen molar-refractivity contribution in [1.82, 2.24) is 5.32 Å². The third-order valence-corrected chi connectivity index (χ3v) is 2.67. The summed E-state index contributed by atoms with van der Waals surface area (Å²) in [6.45, 7) is 5.92. The van der Waals surface area contributed by atoms with E-state index in [1.165, 1.54) is 0 Å². The largest absolute Gasteiger partial charge is 0.459 e. The number of carbonyl (C=O) groups excluding carboxylic acids is 1. The minimum Gasteiger partial charge on any atom is -0.459 e. The second-order valence-corrected chi connectivity index (χ2v) is 5.59. The zero-order chi connectivity index (χ0) is 12.2. The van der Waals surface area contributed by atoms with Crippen molar-refractivity contribution in [2.24, 2.45) is 5.73 Å². The lowest BCUT2D eigenvalue weighted by atomic mass is 9.92. The number of hydrogen-bond acceptors (Lipinski definition) is 4. The molecule has 4 heteroatoms. The predicted octanol–water partition coefficient (Wildman–Crippen LogP) is 1.19. The van der Waals surface area contributed by atoms with Crippen LogP contribution in [0.25, 0.3) is 0 Å². The van der Waals surface area contributed by atoms with Crippen molar-refractivity contribution in [3.63, 3.8) is 0 Å². The summed E-state index contributed by atoms with van der Waals surface area (Å²) in [6.07, 6.45) is 4.32. The number of nitrogens with two attached hydrogens (primary N) is 1. The van der Waals surface area contributed by atoms with E-state index in [1.54, 1.807) is 0 Å². The third-order valence-electron chi connectivity index (χ3n) is 2.67. The van der Waals surface area contributed by atoms with Crippen molar-refractivity contribution in [2.75, 3.05) is 6.54 Å². The first kappa shape index (κ1) is 13.5. The van der Waals surface area contributed by atoms with E-state index in [1.807, 2.05) is 20.8 Å². The van der Waals surface area contributed by atoms with Gasteiger partial charge in [0.15, 0.2) is 0 Å². The van der Waals surface area contributed by atoms with Gasteiger partial charge in [-0.3, -0.25) is 4.79 Å². The predicted molar refractivity (Wildman–Crippen MR) is 64.1 cm³/mol. The van der Waals surface area contributed by atoms with Crippen molar-refractivity contribution in [3.8, 4) is 0 Å². The number of rotatable bonds is 3. The monoisotopic (exact) mass is 228 g/mol. The van der Waals surface area contributed by atoms with E-state index in [-0.39, 0.29) is 18.6 Å². The first-order chi connectivity index (χ1) is 7.37. The summed E-state index contributed by atoms with van der Waals surface area (Å²) >= 11 is 0. The maximum Gasteiger partial charge on any atom is 0.320 e. The Morgan fingerprint density at radius 3 is 2.69 bits per heavy atom. The number of esters is 1. The SMILES string of the molecule is CC(C)(C)OC(=O)CNC1CCCC(N)C1. The Morgan fingerprint density at radius 1 is 1.44 bits per heavy atom. The molecule has 0 radical (unpaired) electrons. The summed E-state index contributed by atoms with van der Waals surface area (Å²) in [4.78, 5) is 11.5. The molecule has 94 valence electrons. The molecule has 1 rings (SSSR count). The molecule has 0 amide bonds. The quantitative estimate of drug-likeness (QED) is 0.712. The van der Waals surface area contributed by atoms with Gasteiger partial charge in [-0.1, -0.05) is 6.42 Å². The Kier molecular flexibility index (Phi) is 4.74. The molecule has 0 aromatic rings. The second kappa shape index (κ2) is 5.64. The van der Waals surface area contributed by atoms with Gasteiger partial charge in [0.25, 0.3) is 0 Å². The van der Waals surface area contributed by atoms with Gasteiger partial charge in [-0.25, -0.2) is 0 Å². The third kappa shape index (κ3) is 5.47. The molecular formula is C12H24N2O2.